The third kappa shape index (κ3) is 6.64. The molecule has 0 aromatic heterocycles. The lowest BCUT2D eigenvalue weighted by Crippen LogP contribution is -2.28. The van der Waals surface area contributed by atoms with E-state index in [1.807, 2.05) is 0 Å². The first-order valence-corrected chi connectivity index (χ1v) is 24.1. The highest BCUT2D eigenvalue weighted by molar-refractivity contribution is 8.34. The Morgan fingerprint density at radius 2 is 0.738 bits per heavy atom. The van der Waals surface area contributed by atoms with Crippen molar-refractivity contribution in [2.45, 2.75) is 38.8 Å². The summed E-state index contributed by atoms with van der Waals surface area (Å²) in [6, 6.07) is 96.5. The van der Waals surface area contributed by atoms with Crippen LogP contribution in [0, 0.1) is 13.8 Å². The van der Waals surface area contributed by atoms with E-state index in [1.54, 1.807) is 0 Å². The van der Waals surface area contributed by atoms with Gasteiger partial charge in [0.2, 0.25) is 0 Å². The van der Waals surface area contributed by atoms with Crippen LogP contribution in [0.5, 0.6) is 0 Å². The Balaban J connectivity index is 1.05. The maximum absolute atomic E-state index is 2.46. The molecule has 65 heavy (non-hydrogen) atoms. The number of hydrogen-bond donors (Lipinski definition) is 0. The Hall–Kier alpha value is -7.65. The van der Waals surface area contributed by atoms with Gasteiger partial charge in [0.1, 0.15) is 0 Å². The van der Waals surface area contributed by atoms with E-state index in [-0.39, 0.29) is 0 Å². The molecule has 0 atom stereocenters. The van der Waals surface area contributed by atoms with Crippen LogP contribution in [0.3, 0.4) is 0 Å². The first-order chi connectivity index (χ1) is 32.1. The van der Waals surface area contributed by atoms with E-state index in [2.05, 4.69) is 280 Å². The molecule has 0 bridgehead atoms. The lowest BCUT2D eigenvalue weighted by Gasteiger charge is -2.42. The molecule has 1 nitrogen and oxygen atoms in total. The predicted molar refractivity (Wildman–Crippen MR) is 273 cm³/mol. The standard InChI is InChI=1S/C63H49NS/c1-46-43-53(44-47(2)62(46)48-37-40-57(41-38-48)65(54-29-15-6-16-30-54,55-31-17-7-18-32-55)56-33-19-8-20-34-56)64(51-27-13-5-14-28-51)52-39-42-59-58-35-21-22-36-60(58)63(61(59)45-52,49-23-9-3-10-24-49)50-25-11-4-12-26-50/h3-45H,1-2H3. The zero-order valence-corrected chi connectivity index (χ0v) is 37.5. The molecule has 10 aromatic carbocycles. The minimum Gasteiger partial charge on any atom is -0.310 e. The van der Waals surface area contributed by atoms with Gasteiger partial charge >= 0.3 is 0 Å². The van der Waals surface area contributed by atoms with Crippen molar-refractivity contribution in [3.05, 3.63) is 294 Å². The lowest BCUT2D eigenvalue weighted by atomic mass is 9.67. The monoisotopic (exact) mass is 851 g/mol. The molecule has 1 aliphatic carbocycles. The molecule has 0 fully saturated rings. The minimum atomic E-state index is -1.78. The molecule has 0 radical (unpaired) electrons. The van der Waals surface area contributed by atoms with Gasteiger partial charge in [-0.15, -0.1) is 10.0 Å². The number of nitrogens with zero attached hydrogens (tertiary/aromatic N) is 1. The van der Waals surface area contributed by atoms with E-state index in [4.69, 9.17) is 0 Å². The summed E-state index contributed by atoms with van der Waals surface area (Å²) in [4.78, 5) is 7.72. The highest BCUT2D eigenvalue weighted by Gasteiger charge is 2.46. The van der Waals surface area contributed by atoms with E-state index in [1.165, 1.54) is 75.2 Å². The van der Waals surface area contributed by atoms with Gasteiger partial charge in [-0.2, -0.15) is 0 Å². The van der Waals surface area contributed by atoms with E-state index in [9.17, 15) is 0 Å². The Morgan fingerprint density at radius 1 is 0.323 bits per heavy atom. The molecule has 0 N–H and O–H groups in total. The minimum absolute atomic E-state index is 0.491. The maximum atomic E-state index is 2.46. The number of benzene rings is 10. The van der Waals surface area contributed by atoms with Gasteiger partial charge in [-0.05, 0) is 154 Å². The molecule has 11 rings (SSSR count). The number of anilines is 3. The van der Waals surface area contributed by atoms with Crippen LogP contribution in [0.2, 0.25) is 0 Å². The van der Waals surface area contributed by atoms with Crippen molar-refractivity contribution in [2.24, 2.45) is 0 Å². The summed E-state index contributed by atoms with van der Waals surface area (Å²) in [6.07, 6.45) is 0. The SMILES string of the molecule is Cc1cc(N(c2ccccc2)c2ccc3c(c2)C(c2ccccc2)(c2ccccc2)c2ccccc2-3)cc(C)c1-c1ccc(S(c2ccccc2)(c2ccccc2)c2ccccc2)cc1. The Kier molecular flexibility index (Phi) is 10.4. The molecule has 0 heterocycles. The molecule has 0 spiro atoms. The topological polar surface area (TPSA) is 3.24 Å². The molecule has 1 aliphatic rings. The molecular weight excluding hydrogens is 803 g/mol. The molecule has 312 valence electrons. The summed E-state index contributed by atoms with van der Waals surface area (Å²) >= 11 is 0. The average Bonchev–Trinajstić information content (AvgIpc) is 3.67. The fourth-order valence-corrected chi connectivity index (χ4v) is 14.5. The van der Waals surface area contributed by atoms with Crippen molar-refractivity contribution in [3.8, 4) is 22.3 Å². The second kappa shape index (κ2) is 16.8. The largest absolute Gasteiger partial charge is 0.310 e. The third-order valence-electron chi connectivity index (χ3n) is 13.3. The van der Waals surface area contributed by atoms with Crippen LogP contribution in [0.4, 0.5) is 17.1 Å². The summed E-state index contributed by atoms with van der Waals surface area (Å²) in [7, 11) is -1.78. The van der Waals surface area contributed by atoms with Crippen LogP contribution in [-0.4, -0.2) is 0 Å². The molecule has 10 aromatic rings. The predicted octanol–water partition coefficient (Wildman–Crippen LogP) is 17.1. The van der Waals surface area contributed by atoms with Gasteiger partial charge in [0.05, 0.1) is 5.41 Å². The second-order valence-electron chi connectivity index (χ2n) is 17.0. The fraction of sp³-hybridized carbons (Fsp3) is 0.0476. The summed E-state index contributed by atoms with van der Waals surface area (Å²) < 4.78 is 0. The van der Waals surface area contributed by atoms with Crippen molar-refractivity contribution in [1.29, 1.82) is 0 Å². The molecule has 0 saturated carbocycles. The van der Waals surface area contributed by atoms with Gasteiger partial charge in [0.15, 0.2) is 0 Å². The van der Waals surface area contributed by atoms with Gasteiger partial charge < -0.3 is 4.90 Å². The van der Waals surface area contributed by atoms with Gasteiger partial charge in [-0.1, -0.05) is 176 Å². The fourth-order valence-electron chi connectivity index (χ4n) is 10.6. The van der Waals surface area contributed by atoms with Crippen LogP contribution >= 0.6 is 10.0 Å². The van der Waals surface area contributed by atoms with Crippen molar-refractivity contribution in [3.63, 3.8) is 0 Å². The summed E-state index contributed by atoms with van der Waals surface area (Å²) in [5.74, 6) is 0. The summed E-state index contributed by atoms with van der Waals surface area (Å²) in [5, 5.41) is 0. The Morgan fingerprint density at radius 3 is 1.25 bits per heavy atom. The van der Waals surface area contributed by atoms with E-state index < -0.39 is 15.4 Å². The third-order valence-corrected chi connectivity index (χ3v) is 17.2. The molecule has 0 saturated heterocycles. The summed E-state index contributed by atoms with van der Waals surface area (Å²) in [6.45, 7) is 4.54. The Bertz CT molecular complexity index is 3080. The lowest BCUT2D eigenvalue weighted by molar-refractivity contribution is 0.768. The van der Waals surface area contributed by atoms with E-state index in [0.29, 0.717) is 0 Å². The Labute approximate surface area is 385 Å². The van der Waals surface area contributed by atoms with Crippen molar-refractivity contribution < 1.29 is 0 Å². The first-order valence-electron chi connectivity index (χ1n) is 22.5. The van der Waals surface area contributed by atoms with Gasteiger partial charge in [-0.25, -0.2) is 0 Å². The molecule has 0 aliphatic heterocycles. The molecule has 0 unspecified atom stereocenters. The highest BCUT2D eigenvalue weighted by Crippen LogP contribution is 2.73. The van der Waals surface area contributed by atoms with Gasteiger partial charge in [0, 0.05) is 36.6 Å². The second-order valence-corrected chi connectivity index (χ2v) is 20.1. The van der Waals surface area contributed by atoms with Crippen molar-refractivity contribution in [2.75, 3.05) is 4.90 Å². The average molecular weight is 852 g/mol. The molecule has 0 amide bonds. The molecular formula is C63H49NS. The highest BCUT2D eigenvalue weighted by atomic mass is 32.3. The zero-order chi connectivity index (χ0) is 43.8. The van der Waals surface area contributed by atoms with E-state index in [0.717, 1.165) is 17.1 Å². The summed E-state index contributed by atoms with van der Waals surface area (Å²) in [5.41, 5.74) is 15.5. The number of rotatable bonds is 10. The number of fused-ring (bicyclic) bond motifs is 3. The van der Waals surface area contributed by atoms with Gasteiger partial charge in [-0.3, -0.25) is 0 Å². The molecule has 2 heteroatoms. The first kappa shape index (κ1) is 40.1. The van der Waals surface area contributed by atoms with Crippen LogP contribution in [0.1, 0.15) is 33.4 Å². The van der Waals surface area contributed by atoms with Crippen molar-refractivity contribution >= 4 is 27.1 Å². The maximum Gasteiger partial charge on any atom is 0.0714 e. The van der Waals surface area contributed by atoms with Crippen LogP contribution in [0.15, 0.2) is 280 Å². The normalized spacial score (nSPS) is 12.8. The van der Waals surface area contributed by atoms with Crippen LogP contribution < -0.4 is 4.90 Å². The number of para-hydroxylation sites is 1. The number of aryl methyl sites for hydroxylation is 2. The van der Waals surface area contributed by atoms with Crippen LogP contribution in [-0.2, 0) is 5.41 Å². The van der Waals surface area contributed by atoms with E-state index >= 15 is 0 Å². The zero-order valence-electron chi connectivity index (χ0n) is 36.7. The van der Waals surface area contributed by atoms with Crippen LogP contribution in [0.25, 0.3) is 22.3 Å². The van der Waals surface area contributed by atoms with Crippen molar-refractivity contribution in [1.82, 2.24) is 0 Å². The smallest absolute Gasteiger partial charge is 0.0714 e. The van der Waals surface area contributed by atoms with Gasteiger partial charge in [0.25, 0.3) is 0 Å². The quantitative estimate of drug-likeness (QED) is 0.132. The number of hydrogen-bond acceptors (Lipinski definition) is 1.